The lowest BCUT2D eigenvalue weighted by Crippen LogP contribution is -2.37. The maximum Gasteiger partial charge on any atom is 0.332 e. The van der Waals surface area contributed by atoms with Gasteiger partial charge >= 0.3 is 5.69 Å². The van der Waals surface area contributed by atoms with E-state index in [9.17, 15) is 14.4 Å². The number of aromatic nitrogens is 5. The molecule has 0 saturated carbocycles. The Kier molecular flexibility index (Phi) is 2.46. The van der Waals surface area contributed by atoms with Crippen LogP contribution in [0.3, 0.4) is 0 Å². The fourth-order valence-corrected chi connectivity index (χ4v) is 2.96. The zero-order valence-corrected chi connectivity index (χ0v) is 12.8. The van der Waals surface area contributed by atoms with Crippen molar-refractivity contribution in [2.75, 3.05) is 0 Å². The number of benzene rings is 1. The zero-order valence-electron chi connectivity index (χ0n) is 12.8. The molecule has 3 aromatic heterocycles. The van der Waals surface area contributed by atoms with E-state index in [2.05, 4.69) is 4.98 Å². The minimum Gasteiger partial charge on any atom is -0.281 e. The van der Waals surface area contributed by atoms with Gasteiger partial charge in [0.15, 0.2) is 11.2 Å². The Morgan fingerprint density at radius 2 is 1.57 bits per heavy atom. The van der Waals surface area contributed by atoms with Crippen molar-refractivity contribution in [1.29, 1.82) is 0 Å². The van der Waals surface area contributed by atoms with E-state index >= 15 is 0 Å². The fourth-order valence-electron chi connectivity index (χ4n) is 2.96. The van der Waals surface area contributed by atoms with E-state index in [0.29, 0.717) is 16.7 Å². The first-order valence-electron chi connectivity index (χ1n) is 6.99. The van der Waals surface area contributed by atoms with Crippen LogP contribution in [-0.2, 0) is 21.1 Å². The first-order chi connectivity index (χ1) is 10.9. The van der Waals surface area contributed by atoms with Gasteiger partial charge in [-0.3, -0.25) is 27.7 Å². The molecule has 0 spiro atoms. The van der Waals surface area contributed by atoms with Crippen molar-refractivity contribution >= 4 is 27.8 Å². The second-order valence-corrected chi connectivity index (χ2v) is 5.51. The highest BCUT2D eigenvalue weighted by molar-refractivity contribution is 5.87. The number of hydrogen-bond donors (Lipinski definition) is 0. The van der Waals surface area contributed by atoms with Crippen LogP contribution in [0.5, 0.6) is 0 Å². The van der Waals surface area contributed by atoms with Crippen molar-refractivity contribution in [3.8, 4) is 0 Å². The van der Waals surface area contributed by atoms with Crippen molar-refractivity contribution < 1.29 is 0 Å². The normalized spacial score (nSPS) is 11.8. The Bertz CT molecular complexity index is 1300. The molecule has 23 heavy (non-hydrogen) atoms. The summed E-state index contributed by atoms with van der Waals surface area (Å²) in [5.74, 6) is 0.321. The van der Waals surface area contributed by atoms with Crippen LogP contribution in [-0.4, -0.2) is 23.1 Å². The van der Waals surface area contributed by atoms with Crippen LogP contribution in [0, 0.1) is 0 Å². The van der Waals surface area contributed by atoms with Gasteiger partial charge in [-0.05, 0) is 12.1 Å². The molecule has 116 valence electrons. The largest absolute Gasteiger partial charge is 0.332 e. The summed E-state index contributed by atoms with van der Waals surface area (Å²) in [6.07, 6.45) is 0. The van der Waals surface area contributed by atoms with Gasteiger partial charge in [0.2, 0.25) is 5.78 Å². The molecule has 0 aliphatic heterocycles. The molecule has 4 rings (SSSR count). The van der Waals surface area contributed by atoms with Gasteiger partial charge in [0, 0.05) is 21.1 Å². The summed E-state index contributed by atoms with van der Waals surface area (Å²) < 4.78 is 5.36. The third-order valence-electron chi connectivity index (χ3n) is 4.22. The molecule has 0 unspecified atom stereocenters. The van der Waals surface area contributed by atoms with E-state index in [-0.39, 0.29) is 16.7 Å². The Labute approximate surface area is 128 Å². The van der Waals surface area contributed by atoms with Crippen LogP contribution >= 0.6 is 0 Å². The monoisotopic (exact) mass is 311 g/mol. The van der Waals surface area contributed by atoms with Crippen molar-refractivity contribution in [3.05, 3.63) is 55.5 Å². The molecular weight excluding hydrogens is 298 g/mol. The lowest BCUT2D eigenvalue weighted by Gasteiger charge is -2.07. The van der Waals surface area contributed by atoms with Gasteiger partial charge in [-0.15, -0.1) is 0 Å². The van der Waals surface area contributed by atoms with Crippen molar-refractivity contribution in [2.24, 2.45) is 21.1 Å². The van der Waals surface area contributed by atoms with Crippen LogP contribution in [0.4, 0.5) is 0 Å². The smallest absolute Gasteiger partial charge is 0.281 e. The third kappa shape index (κ3) is 1.49. The molecule has 0 radical (unpaired) electrons. The predicted octanol–water partition coefficient (Wildman–Crippen LogP) is -0.263. The lowest BCUT2D eigenvalue weighted by atomic mass is 10.2. The summed E-state index contributed by atoms with van der Waals surface area (Å²) in [4.78, 5) is 41.6. The Morgan fingerprint density at radius 3 is 2.30 bits per heavy atom. The topological polar surface area (TPSA) is 83.3 Å². The SMILES string of the molecule is Cn1c(=O)c2c(nc3n(C)c(=O)c4ccccc4n23)n(C)c1=O. The molecule has 0 saturated heterocycles. The number of hydrogen-bond acceptors (Lipinski definition) is 4. The van der Waals surface area contributed by atoms with Gasteiger partial charge in [0.1, 0.15) is 0 Å². The summed E-state index contributed by atoms with van der Waals surface area (Å²) >= 11 is 0. The standard InChI is InChI=1S/C15H13N5O3/c1-17-11-10(13(22)19(3)15(17)23)20-9-7-5-4-6-8(9)12(21)18(2)14(20)16-11/h4-7H,1-3H3. The summed E-state index contributed by atoms with van der Waals surface area (Å²) in [6.45, 7) is 0. The van der Waals surface area contributed by atoms with Gasteiger partial charge in [0.25, 0.3) is 11.1 Å². The van der Waals surface area contributed by atoms with Gasteiger partial charge in [0.05, 0.1) is 10.9 Å². The summed E-state index contributed by atoms with van der Waals surface area (Å²) in [5, 5.41) is 0.484. The highest BCUT2D eigenvalue weighted by Gasteiger charge is 2.19. The van der Waals surface area contributed by atoms with Crippen LogP contribution < -0.4 is 16.8 Å². The molecule has 0 bridgehead atoms. The molecular formula is C15H13N5O3. The van der Waals surface area contributed by atoms with Crippen molar-refractivity contribution in [2.45, 2.75) is 0 Å². The second-order valence-electron chi connectivity index (χ2n) is 5.51. The number of imidazole rings is 1. The molecule has 3 heterocycles. The van der Waals surface area contributed by atoms with Crippen molar-refractivity contribution in [1.82, 2.24) is 23.1 Å². The van der Waals surface area contributed by atoms with Crippen LogP contribution in [0.15, 0.2) is 38.6 Å². The van der Waals surface area contributed by atoms with E-state index in [1.54, 1.807) is 42.8 Å². The quantitative estimate of drug-likeness (QED) is 0.448. The van der Waals surface area contributed by atoms with E-state index in [1.807, 2.05) is 0 Å². The molecule has 0 atom stereocenters. The molecule has 8 heteroatoms. The highest BCUT2D eigenvalue weighted by Crippen LogP contribution is 2.17. The van der Waals surface area contributed by atoms with E-state index in [4.69, 9.17) is 0 Å². The zero-order chi connectivity index (χ0) is 16.5. The number of rotatable bonds is 0. The number of para-hydroxylation sites is 1. The number of aryl methyl sites for hydroxylation is 2. The minimum atomic E-state index is -0.458. The second kappa shape index (κ2) is 4.19. The average Bonchev–Trinajstić information content (AvgIpc) is 2.97. The van der Waals surface area contributed by atoms with Crippen molar-refractivity contribution in [3.63, 3.8) is 0 Å². The Morgan fingerprint density at radius 1 is 0.870 bits per heavy atom. The van der Waals surface area contributed by atoms with Gasteiger partial charge < -0.3 is 0 Å². The van der Waals surface area contributed by atoms with E-state index < -0.39 is 11.2 Å². The van der Waals surface area contributed by atoms with Gasteiger partial charge in [-0.2, -0.15) is 4.98 Å². The molecule has 0 fully saturated rings. The van der Waals surface area contributed by atoms with E-state index in [1.165, 1.54) is 16.2 Å². The number of nitrogens with zero attached hydrogens (tertiary/aromatic N) is 5. The summed E-state index contributed by atoms with van der Waals surface area (Å²) in [7, 11) is 4.57. The van der Waals surface area contributed by atoms with Crippen LogP contribution in [0.2, 0.25) is 0 Å². The maximum absolute atomic E-state index is 12.6. The molecule has 0 N–H and O–H groups in total. The molecule has 0 aliphatic rings. The molecule has 1 aromatic carbocycles. The first kappa shape index (κ1) is 13.5. The van der Waals surface area contributed by atoms with Gasteiger partial charge in [-0.1, -0.05) is 12.1 Å². The lowest BCUT2D eigenvalue weighted by molar-refractivity contribution is 0.708. The molecule has 4 aromatic rings. The molecule has 0 amide bonds. The Hall–Kier alpha value is -3.16. The molecule has 0 aliphatic carbocycles. The number of fused-ring (bicyclic) bond motifs is 5. The minimum absolute atomic E-state index is 0.203. The summed E-state index contributed by atoms with van der Waals surface area (Å²) in [5.41, 5.74) is 0.00884. The van der Waals surface area contributed by atoms with Gasteiger partial charge in [-0.25, -0.2) is 4.79 Å². The summed E-state index contributed by atoms with van der Waals surface area (Å²) in [6, 6.07) is 7.02. The first-order valence-corrected chi connectivity index (χ1v) is 6.99. The Balaban J connectivity index is 2.53. The highest BCUT2D eigenvalue weighted by atomic mass is 16.2. The average molecular weight is 311 g/mol. The van der Waals surface area contributed by atoms with Crippen LogP contribution in [0.1, 0.15) is 0 Å². The molecule has 8 nitrogen and oxygen atoms in total. The predicted molar refractivity (Wildman–Crippen MR) is 85.9 cm³/mol. The van der Waals surface area contributed by atoms with Crippen LogP contribution in [0.25, 0.3) is 27.8 Å². The third-order valence-corrected chi connectivity index (χ3v) is 4.22. The maximum atomic E-state index is 12.6. The van der Waals surface area contributed by atoms with E-state index in [0.717, 1.165) is 4.57 Å². The fraction of sp³-hybridized carbons (Fsp3) is 0.200.